The fraction of sp³-hybridized carbons (Fsp3) is 0.467. The largest absolute Gasteiger partial charge is 0.480 e. The number of carbonyl (C=O) groups excluding carboxylic acids is 1. The topological polar surface area (TPSA) is 102 Å². The summed E-state index contributed by atoms with van der Waals surface area (Å²) in [6.07, 6.45) is -0.760. The minimum absolute atomic E-state index is 0.00352. The van der Waals surface area contributed by atoms with Crippen LogP contribution in [0.2, 0.25) is 0 Å². The van der Waals surface area contributed by atoms with E-state index >= 15 is 0 Å². The lowest BCUT2D eigenvalue weighted by atomic mass is 10.2. The lowest BCUT2D eigenvalue weighted by Crippen LogP contribution is -2.41. The van der Waals surface area contributed by atoms with Crippen molar-refractivity contribution in [3.8, 4) is 0 Å². The molecular weight excluding hydrogens is 321 g/mol. The van der Waals surface area contributed by atoms with Crippen molar-refractivity contribution in [1.29, 1.82) is 0 Å². The number of ether oxygens (including phenoxy) is 1. The predicted octanol–water partition coefficient (Wildman–Crippen LogP) is 2.70. The molecule has 2 N–H and O–H groups in total. The molecule has 1 amide bonds. The summed E-state index contributed by atoms with van der Waals surface area (Å²) < 4.78 is 22.0. The first-order valence-electron chi connectivity index (χ1n) is 7.25. The van der Waals surface area contributed by atoms with Gasteiger partial charge in [0, 0.05) is 12.8 Å². The first kappa shape index (κ1) is 19.2. The number of hydrogen-bond donors (Lipinski definition) is 2. The summed E-state index contributed by atoms with van der Waals surface area (Å²) in [5.41, 5.74) is 0.795. The fourth-order valence-electron chi connectivity index (χ4n) is 1.87. The first-order chi connectivity index (χ1) is 10.8. The standard InChI is InChI=1S/C15H22NO6P/c1-3-22-23(2,20)10-9-13(14(17)18)16-15(19)21-11-12-7-5-4-6-8-12/h4-8,13H,3,9-11H2,1-2H3,(H,16,19)(H,17,18). The average Bonchev–Trinajstić information content (AvgIpc) is 2.50. The molecule has 8 heteroatoms. The number of rotatable bonds is 9. The van der Waals surface area contributed by atoms with Crippen LogP contribution in [-0.4, -0.2) is 42.6 Å². The number of alkyl carbamates (subject to hydrolysis) is 1. The molecule has 7 nitrogen and oxygen atoms in total. The SMILES string of the molecule is CCOP(C)(=O)CCC(NC(=O)OCc1ccccc1)C(=O)O. The molecule has 2 unspecified atom stereocenters. The van der Waals surface area contributed by atoms with Gasteiger partial charge in [0.1, 0.15) is 12.6 Å². The Kier molecular flexibility index (Phi) is 7.78. The molecule has 128 valence electrons. The van der Waals surface area contributed by atoms with E-state index in [9.17, 15) is 14.2 Å². The van der Waals surface area contributed by atoms with Gasteiger partial charge in [-0.1, -0.05) is 30.3 Å². The molecule has 0 aromatic heterocycles. The van der Waals surface area contributed by atoms with E-state index in [1.165, 1.54) is 6.66 Å². The Morgan fingerprint density at radius 3 is 2.52 bits per heavy atom. The second-order valence-corrected chi connectivity index (χ2v) is 7.77. The van der Waals surface area contributed by atoms with E-state index in [1.807, 2.05) is 18.2 Å². The summed E-state index contributed by atoms with van der Waals surface area (Å²) in [6, 6.07) is 7.86. The van der Waals surface area contributed by atoms with Crippen LogP contribution in [0.25, 0.3) is 0 Å². The van der Waals surface area contributed by atoms with Crippen molar-refractivity contribution in [1.82, 2.24) is 5.32 Å². The van der Waals surface area contributed by atoms with E-state index in [2.05, 4.69) is 5.32 Å². The van der Waals surface area contributed by atoms with Gasteiger partial charge in [0.15, 0.2) is 7.37 Å². The Bertz CT molecular complexity index is 562. The Labute approximate surface area is 135 Å². The van der Waals surface area contributed by atoms with E-state index in [0.29, 0.717) is 0 Å². The summed E-state index contributed by atoms with van der Waals surface area (Å²) in [7, 11) is -2.85. The van der Waals surface area contributed by atoms with Gasteiger partial charge in [0.25, 0.3) is 0 Å². The van der Waals surface area contributed by atoms with Gasteiger partial charge < -0.3 is 19.7 Å². The van der Waals surface area contributed by atoms with Gasteiger partial charge in [0.05, 0.1) is 6.61 Å². The molecule has 0 heterocycles. The molecule has 2 atom stereocenters. The van der Waals surface area contributed by atoms with Crippen LogP contribution in [0.1, 0.15) is 18.9 Å². The molecule has 0 fully saturated rings. The van der Waals surface area contributed by atoms with Gasteiger partial charge in [-0.25, -0.2) is 9.59 Å². The molecule has 0 aliphatic carbocycles. The van der Waals surface area contributed by atoms with Crippen molar-refractivity contribution < 1.29 is 28.5 Å². The number of amides is 1. The van der Waals surface area contributed by atoms with Gasteiger partial charge in [-0.3, -0.25) is 4.57 Å². The highest BCUT2D eigenvalue weighted by Crippen LogP contribution is 2.43. The quantitative estimate of drug-likeness (QED) is 0.669. The third-order valence-corrected chi connectivity index (χ3v) is 4.90. The molecule has 0 saturated carbocycles. The number of carboxylic acids is 1. The number of benzene rings is 1. The summed E-state index contributed by atoms with van der Waals surface area (Å²) in [4.78, 5) is 22.9. The van der Waals surface area contributed by atoms with Gasteiger partial charge in [0.2, 0.25) is 0 Å². The lowest BCUT2D eigenvalue weighted by Gasteiger charge is -2.17. The molecule has 1 aromatic carbocycles. The summed E-state index contributed by atoms with van der Waals surface area (Å²) in [6.45, 7) is 3.50. The van der Waals surface area contributed by atoms with Crippen molar-refractivity contribution in [2.24, 2.45) is 0 Å². The maximum Gasteiger partial charge on any atom is 0.408 e. The van der Waals surface area contributed by atoms with Crippen LogP contribution in [0.3, 0.4) is 0 Å². The molecule has 0 radical (unpaired) electrons. The third kappa shape index (κ3) is 7.81. The van der Waals surface area contributed by atoms with Crippen LogP contribution in [0.5, 0.6) is 0 Å². The molecule has 23 heavy (non-hydrogen) atoms. The minimum atomic E-state index is -2.85. The van der Waals surface area contributed by atoms with Crippen molar-refractivity contribution in [2.45, 2.75) is 26.0 Å². The highest BCUT2D eigenvalue weighted by atomic mass is 31.2. The van der Waals surface area contributed by atoms with Crippen LogP contribution in [0.15, 0.2) is 30.3 Å². The van der Waals surface area contributed by atoms with Crippen molar-refractivity contribution in [2.75, 3.05) is 19.4 Å². The van der Waals surface area contributed by atoms with Crippen molar-refractivity contribution in [3.05, 3.63) is 35.9 Å². The van der Waals surface area contributed by atoms with E-state index in [1.54, 1.807) is 19.1 Å². The highest BCUT2D eigenvalue weighted by molar-refractivity contribution is 7.58. The smallest absolute Gasteiger partial charge is 0.408 e. The van der Waals surface area contributed by atoms with E-state index in [0.717, 1.165) is 5.56 Å². The monoisotopic (exact) mass is 343 g/mol. The average molecular weight is 343 g/mol. The van der Waals surface area contributed by atoms with Gasteiger partial charge in [-0.15, -0.1) is 0 Å². The maximum atomic E-state index is 12.0. The van der Waals surface area contributed by atoms with Crippen LogP contribution >= 0.6 is 7.37 Å². The van der Waals surface area contributed by atoms with Crippen molar-refractivity contribution in [3.63, 3.8) is 0 Å². The molecule has 0 aliphatic rings. The highest BCUT2D eigenvalue weighted by Gasteiger charge is 2.25. The van der Waals surface area contributed by atoms with Crippen LogP contribution in [0.4, 0.5) is 4.79 Å². The Balaban J connectivity index is 2.47. The molecular formula is C15H22NO6P. The zero-order valence-electron chi connectivity index (χ0n) is 13.2. The number of aliphatic carboxylic acids is 1. The maximum absolute atomic E-state index is 12.0. The summed E-state index contributed by atoms with van der Waals surface area (Å²) in [5, 5.41) is 11.4. The summed E-state index contributed by atoms with van der Waals surface area (Å²) >= 11 is 0. The number of nitrogens with one attached hydrogen (secondary N) is 1. The van der Waals surface area contributed by atoms with Crippen LogP contribution in [0, 0.1) is 0 Å². The number of carbonyl (C=O) groups is 2. The molecule has 0 saturated heterocycles. The molecule has 0 bridgehead atoms. The first-order valence-corrected chi connectivity index (χ1v) is 9.51. The van der Waals surface area contributed by atoms with E-state index in [-0.39, 0.29) is 25.8 Å². The normalized spacial score (nSPS) is 14.5. The van der Waals surface area contributed by atoms with Crippen LogP contribution < -0.4 is 5.32 Å². The predicted molar refractivity (Wildman–Crippen MR) is 85.8 cm³/mol. The Morgan fingerprint density at radius 2 is 1.96 bits per heavy atom. The van der Waals surface area contributed by atoms with Gasteiger partial charge in [-0.2, -0.15) is 0 Å². The van der Waals surface area contributed by atoms with E-state index < -0.39 is 25.5 Å². The zero-order chi connectivity index (χ0) is 17.3. The molecule has 1 aromatic rings. The third-order valence-electron chi connectivity index (χ3n) is 3.03. The number of carboxylic acid groups (broad SMARTS) is 1. The molecule has 0 aliphatic heterocycles. The molecule has 0 spiro atoms. The summed E-state index contributed by atoms with van der Waals surface area (Å²) in [5.74, 6) is -1.21. The second kappa shape index (κ2) is 9.33. The Morgan fingerprint density at radius 1 is 1.30 bits per heavy atom. The molecule has 1 rings (SSSR count). The lowest BCUT2D eigenvalue weighted by molar-refractivity contribution is -0.139. The van der Waals surface area contributed by atoms with Gasteiger partial charge >= 0.3 is 12.1 Å². The fourth-order valence-corrected chi connectivity index (χ4v) is 3.27. The zero-order valence-corrected chi connectivity index (χ0v) is 14.1. The van der Waals surface area contributed by atoms with Gasteiger partial charge in [-0.05, 0) is 18.9 Å². The van der Waals surface area contributed by atoms with Crippen LogP contribution in [-0.2, 0) is 25.2 Å². The Hall–Kier alpha value is -1.85. The number of hydrogen-bond acceptors (Lipinski definition) is 5. The van der Waals surface area contributed by atoms with Crippen molar-refractivity contribution >= 4 is 19.4 Å². The second-order valence-electron chi connectivity index (χ2n) is 5.04. The van der Waals surface area contributed by atoms with E-state index in [4.69, 9.17) is 14.4 Å². The minimum Gasteiger partial charge on any atom is -0.480 e.